The summed E-state index contributed by atoms with van der Waals surface area (Å²) in [5.74, 6) is 0.428. The average molecular weight is 302 g/mol. The van der Waals surface area contributed by atoms with Gasteiger partial charge in [-0.3, -0.25) is 4.79 Å². The van der Waals surface area contributed by atoms with E-state index in [-0.39, 0.29) is 5.97 Å². The van der Waals surface area contributed by atoms with Gasteiger partial charge in [0.1, 0.15) is 5.75 Å². The molecule has 0 aliphatic heterocycles. The normalized spacial score (nSPS) is 11.3. The van der Waals surface area contributed by atoms with Crippen LogP contribution in [-0.4, -0.2) is 35.5 Å². The van der Waals surface area contributed by atoms with E-state index in [1.807, 2.05) is 18.2 Å². The van der Waals surface area contributed by atoms with Gasteiger partial charge in [0.05, 0.1) is 0 Å². The third-order valence-corrected chi connectivity index (χ3v) is 3.94. The second kappa shape index (κ2) is 7.99. The van der Waals surface area contributed by atoms with Crippen molar-refractivity contribution in [1.29, 1.82) is 0 Å². The van der Waals surface area contributed by atoms with Crippen LogP contribution in [0, 0.1) is 0 Å². The molecule has 0 atom stereocenters. The van der Waals surface area contributed by atoms with Crippen LogP contribution in [0.1, 0.15) is 39.2 Å². The molecule has 0 saturated carbocycles. The number of fused-ring (bicyclic) bond motifs is 1. The summed E-state index contributed by atoms with van der Waals surface area (Å²) in [6.07, 6.45) is 4.63. The van der Waals surface area contributed by atoms with Crippen molar-refractivity contribution < 1.29 is 9.53 Å². The maximum Gasteiger partial charge on any atom is 0.310 e. The summed E-state index contributed by atoms with van der Waals surface area (Å²) < 4.78 is 5.32. The zero-order valence-electron chi connectivity index (χ0n) is 13.8. The number of rotatable bonds is 8. The van der Waals surface area contributed by atoms with Crippen molar-refractivity contribution in [3.05, 3.63) is 30.0 Å². The lowest BCUT2D eigenvalue weighted by atomic mass is 10.1. The highest BCUT2D eigenvalue weighted by Crippen LogP contribution is 2.24. The van der Waals surface area contributed by atoms with Crippen molar-refractivity contribution in [3.8, 4) is 5.75 Å². The minimum absolute atomic E-state index is 0.198. The minimum Gasteiger partial charge on any atom is -0.427 e. The number of aromatic nitrogens is 1. The van der Waals surface area contributed by atoms with Gasteiger partial charge in [0.2, 0.25) is 0 Å². The Morgan fingerprint density at radius 2 is 2.05 bits per heavy atom. The number of H-pyrrole nitrogens is 1. The van der Waals surface area contributed by atoms with Gasteiger partial charge in [-0.15, -0.1) is 0 Å². The molecule has 0 unspecified atom stereocenters. The van der Waals surface area contributed by atoms with Crippen LogP contribution < -0.4 is 4.74 Å². The van der Waals surface area contributed by atoms with Crippen LogP contribution in [-0.2, 0) is 11.2 Å². The van der Waals surface area contributed by atoms with Gasteiger partial charge >= 0.3 is 5.97 Å². The Morgan fingerprint density at radius 3 is 2.73 bits per heavy atom. The first-order valence-electron chi connectivity index (χ1n) is 8.20. The Bertz CT molecular complexity index is 619. The first kappa shape index (κ1) is 16.6. The Morgan fingerprint density at radius 1 is 1.23 bits per heavy atom. The first-order chi connectivity index (χ1) is 10.7. The topological polar surface area (TPSA) is 45.3 Å². The monoisotopic (exact) mass is 302 g/mol. The smallest absolute Gasteiger partial charge is 0.310 e. The molecule has 4 nitrogen and oxygen atoms in total. The van der Waals surface area contributed by atoms with Crippen LogP contribution >= 0.6 is 0 Å². The van der Waals surface area contributed by atoms with Gasteiger partial charge in [-0.1, -0.05) is 20.8 Å². The summed E-state index contributed by atoms with van der Waals surface area (Å²) in [7, 11) is 0. The number of hydrogen-bond acceptors (Lipinski definition) is 3. The molecule has 0 fully saturated rings. The summed E-state index contributed by atoms with van der Waals surface area (Å²) in [5.41, 5.74) is 2.36. The molecule has 0 saturated heterocycles. The molecule has 0 bridgehead atoms. The highest BCUT2D eigenvalue weighted by atomic mass is 16.5. The van der Waals surface area contributed by atoms with E-state index < -0.39 is 0 Å². The Labute approximate surface area is 132 Å². The third-order valence-electron chi connectivity index (χ3n) is 3.94. The second-order valence-corrected chi connectivity index (χ2v) is 5.53. The standard InChI is InChI=1S/C18H26N2O2/c1-4-10-20(6-3)11-9-14-13-19-17-8-7-15(12-16(14)17)22-18(21)5-2/h7-8,12-13,19H,4-6,9-11H2,1-3H3. The molecule has 1 N–H and O–H groups in total. The van der Waals surface area contributed by atoms with E-state index in [2.05, 4.69) is 29.9 Å². The molecule has 0 amide bonds. The average Bonchev–Trinajstić information content (AvgIpc) is 2.93. The zero-order chi connectivity index (χ0) is 15.9. The molecule has 0 spiro atoms. The maximum absolute atomic E-state index is 11.4. The van der Waals surface area contributed by atoms with E-state index in [4.69, 9.17) is 4.74 Å². The molecule has 0 aliphatic rings. The van der Waals surface area contributed by atoms with Gasteiger partial charge < -0.3 is 14.6 Å². The number of benzene rings is 1. The van der Waals surface area contributed by atoms with E-state index in [0.29, 0.717) is 12.2 Å². The lowest BCUT2D eigenvalue weighted by Crippen LogP contribution is -2.26. The predicted octanol–water partition coefficient (Wildman–Crippen LogP) is 3.76. The number of carbonyl (C=O) groups is 1. The van der Waals surface area contributed by atoms with Crippen molar-refractivity contribution in [2.75, 3.05) is 19.6 Å². The molecule has 2 aromatic rings. The lowest BCUT2D eigenvalue weighted by molar-refractivity contribution is -0.134. The Balaban J connectivity index is 2.12. The number of nitrogens with one attached hydrogen (secondary N) is 1. The molecule has 0 radical (unpaired) electrons. The quantitative estimate of drug-likeness (QED) is 0.596. The molecule has 0 aliphatic carbocycles. The van der Waals surface area contributed by atoms with Crippen LogP contribution in [0.3, 0.4) is 0 Å². The maximum atomic E-state index is 11.4. The van der Waals surface area contributed by atoms with E-state index in [9.17, 15) is 4.79 Å². The molecule has 1 heterocycles. The van der Waals surface area contributed by atoms with Gasteiger partial charge in [-0.2, -0.15) is 0 Å². The van der Waals surface area contributed by atoms with Gasteiger partial charge in [0, 0.05) is 30.1 Å². The van der Waals surface area contributed by atoms with Crippen molar-refractivity contribution in [2.24, 2.45) is 0 Å². The molecule has 4 heteroatoms. The highest BCUT2D eigenvalue weighted by molar-refractivity contribution is 5.85. The van der Waals surface area contributed by atoms with Crippen LogP contribution in [0.5, 0.6) is 5.75 Å². The first-order valence-corrected chi connectivity index (χ1v) is 8.20. The fraction of sp³-hybridized carbons (Fsp3) is 0.500. The molecule has 1 aromatic heterocycles. The number of esters is 1. The Hall–Kier alpha value is -1.81. The molecule has 1 aromatic carbocycles. The van der Waals surface area contributed by atoms with E-state index >= 15 is 0 Å². The number of nitrogens with zero attached hydrogens (tertiary/aromatic N) is 1. The van der Waals surface area contributed by atoms with Gasteiger partial charge in [0.25, 0.3) is 0 Å². The van der Waals surface area contributed by atoms with Crippen LogP contribution in [0.2, 0.25) is 0 Å². The number of hydrogen-bond donors (Lipinski definition) is 1. The van der Waals surface area contributed by atoms with Gasteiger partial charge in [-0.25, -0.2) is 0 Å². The van der Waals surface area contributed by atoms with Gasteiger partial charge in [-0.05, 0) is 49.7 Å². The van der Waals surface area contributed by atoms with Crippen LogP contribution in [0.25, 0.3) is 10.9 Å². The minimum atomic E-state index is -0.198. The van der Waals surface area contributed by atoms with Gasteiger partial charge in [0.15, 0.2) is 0 Å². The number of carbonyl (C=O) groups excluding carboxylic acids is 1. The van der Waals surface area contributed by atoms with Crippen LogP contribution in [0.4, 0.5) is 0 Å². The predicted molar refractivity (Wildman–Crippen MR) is 90.3 cm³/mol. The van der Waals surface area contributed by atoms with Crippen molar-refractivity contribution >= 4 is 16.9 Å². The fourth-order valence-corrected chi connectivity index (χ4v) is 2.65. The van der Waals surface area contributed by atoms with E-state index in [1.54, 1.807) is 6.92 Å². The van der Waals surface area contributed by atoms with Crippen molar-refractivity contribution in [3.63, 3.8) is 0 Å². The largest absolute Gasteiger partial charge is 0.427 e. The summed E-state index contributed by atoms with van der Waals surface area (Å²) >= 11 is 0. The van der Waals surface area contributed by atoms with E-state index in [0.717, 1.165) is 37.0 Å². The molecule has 2 rings (SSSR count). The summed E-state index contributed by atoms with van der Waals surface area (Å²) in [6, 6.07) is 5.77. The summed E-state index contributed by atoms with van der Waals surface area (Å²) in [5, 5.41) is 1.15. The van der Waals surface area contributed by atoms with E-state index in [1.165, 1.54) is 12.0 Å². The van der Waals surface area contributed by atoms with Crippen LogP contribution in [0.15, 0.2) is 24.4 Å². The Kier molecular flexibility index (Phi) is 6.01. The fourth-order valence-electron chi connectivity index (χ4n) is 2.65. The number of aromatic amines is 1. The number of ether oxygens (including phenoxy) is 1. The third kappa shape index (κ3) is 4.10. The molecular formula is C18H26N2O2. The summed E-state index contributed by atoms with van der Waals surface area (Å²) in [6.45, 7) is 9.48. The lowest BCUT2D eigenvalue weighted by Gasteiger charge is -2.19. The summed E-state index contributed by atoms with van der Waals surface area (Å²) in [4.78, 5) is 17.2. The highest BCUT2D eigenvalue weighted by Gasteiger charge is 2.09. The molecule has 120 valence electrons. The SMILES string of the molecule is CCCN(CC)CCc1c[nH]c2ccc(OC(=O)CC)cc12. The number of likely N-dealkylation sites (N-methyl/N-ethyl adjacent to an activating group) is 1. The van der Waals surface area contributed by atoms with Crippen molar-refractivity contribution in [1.82, 2.24) is 9.88 Å². The molecule has 22 heavy (non-hydrogen) atoms. The zero-order valence-corrected chi connectivity index (χ0v) is 13.8. The van der Waals surface area contributed by atoms with Crippen molar-refractivity contribution in [2.45, 2.75) is 40.0 Å². The second-order valence-electron chi connectivity index (χ2n) is 5.53. The molecular weight excluding hydrogens is 276 g/mol.